The summed E-state index contributed by atoms with van der Waals surface area (Å²) in [5.41, 5.74) is 5.57. The molecule has 3 N–H and O–H groups in total. The smallest absolute Gasteiger partial charge is 0.131 e. The van der Waals surface area contributed by atoms with Crippen LogP contribution >= 0.6 is 0 Å². The summed E-state index contributed by atoms with van der Waals surface area (Å²) in [6, 6.07) is 1.74. The van der Waals surface area contributed by atoms with Gasteiger partial charge >= 0.3 is 0 Å². The number of ether oxygens (including phenoxy) is 1. The summed E-state index contributed by atoms with van der Waals surface area (Å²) in [7, 11) is 0. The van der Waals surface area contributed by atoms with Crippen molar-refractivity contribution in [1.29, 1.82) is 0 Å². The van der Waals surface area contributed by atoms with Gasteiger partial charge in [0.2, 0.25) is 0 Å². The van der Waals surface area contributed by atoms with E-state index in [1.807, 2.05) is 0 Å². The first-order valence-electron chi connectivity index (χ1n) is 5.96. The molecule has 2 heterocycles. The second kappa shape index (κ2) is 6.36. The van der Waals surface area contributed by atoms with Crippen molar-refractivity contribution in [2.75, 3.05) is 50.4 Å². The number of nitrogen functional groups attached to an aromatic ring is 1. The van der Waals surface area contributed by atoms with Crippen molar-refractivity contribution in [2.24, 2.45) is 0 Å². The second-order valence-electron chi connectivity index (χ2n) is 4.06. The lowest BCUT2D eigenvalue weighted by molar-refractivity contribution is 0.0378. The van der Waals surface area contributed by atoms with Crippen LogP contribution in [0.2, 0.25) is 0 Å². The van der Waals surface area contributed by atoms with Crippen LogP contribution in [0.1, 0.15) is 6.42 Å². The Hall–Kier alpha value is -1.40. The van der Waals surface area contributed by atoms with E-state index in [0.717, 1.165) is 51.6 Å². The number of hydrogen-bond donors (Lipinski definition) is 2. The molecule has 0 bridgehead atoms. The summed E-state index contributed by atoms with van der Waals surface area (Å²) in [6.45, 7) is 5.79. The Bertz CT molecular complexity index is 340. The number of morpholine rings is 1. The van der Waals surface area contributed by atoms with Gasteiger partial charge in [-0.15, -0.1) is 0 Å². The van der Waals surface area contributed by atoms with Gasteiger partial charge in [-0.25, -0.2) is 9.97 Å². The molecule has 0 atom stereocenters. The van der Waals surface area contributed by atoms with E-state index < -0.39 is 0 Å². The van der Waals surface area contributed by atoms with Gasteiger partial charge in [-0.2, -0.15) is 0 Å². The van der Waals surface area contributed by atoms with E-state index in [1.165, 1.54) is 6.33 Å². The molecular weight excluding hydrogens is 218 g/mol. The molecule has 0 aliphatic carbocycles. The van der Waals surface area contributed by atoms with E-state index in [-0.39, 0.29) is 0 Å². The highest BCUT2D eigenvalue weighted by Crippen LogP contribution is 2.05. The quantitative estimate of drug-likeness (QED) is 0.712. The van der Waals surface area contributed by atoms with Crippen LogP contribution in [-0.4, -0.2) is 54.3 Å². The minimum atomic E-state index is 0.496. The first-order chi connectivity index (χ1) is 8.34. The molecule has 1 aliphatic heterocycles. The molecule has 0 amide bonds. The summed E-state index contributed by atoms with van der Waals surface area (Å²) < 4.78 is 5.30. The van der Waals surface area contributed by atoms with Crippen LogP contribution in [0.5, 0.6) is 0 Å². The zero-order valence-electron chi connectivity index (χ0n) is 9.93. The summed E-state index contributed by atoms with van der Waals surface area (Å²) in [5.74, 6) is 1.29. The number of anilines is 2. The largest absolute Gasteiger partial charge is 0.384 e. The predicted molar refractivity (Wildman–Crippen MR) is 66.8 cm³/mol. The number of nitrogens with one attached hydrogen (secondary N) is 1. The lowest BCUT2D eigenvalue weighted by atomic mass is 10.3. The minimum absolute atomic E-state index is 0.496. The molecule has 1 saturated heterocycles. The van der Waals surface area contributed by atoms with Crippen LogP contribution in [0.3, 0.4) is 0 Å². The Labute approximate surface area is 101 Å². The predicted octanol–water partition coefficient (Wildman–Crippen LogP) is 0.193. The second-order valence-corrected chi connectivity index (χ2v) is 4.06. The maximum atomic E-state index is 5.57. The molecule has 94 valence electrons. The Balaban J connectivity index is 1.62. The highest BCUT2D eigenvalue weighted by molar-refractivity contribution is 5.42. The minimum Gasteiger partial charge on any atom is -0.384 e. The summed E-state index contributed by atoms with van der Waals surface area (Å²) in [5, 5.41) is 3.24. The molecule has 0 saturated carbocycles. The van der Waals surface area contributed by atoms with E-state index in [4.69, 9.17) is 10.5 Å². The Morgan fingerprint density at radius 1 is 1.35 bits per heavy atom. The van der Waals surface area contributed by atoms with Crippen molar-refractivity contribution in [3.63, 3.8) is 0 Å². The van der Waals surface area contributed by atoms with E-state index in [1.54, 1.807) is 6.07 Å². The third kappa shape index (κ3) is 4.16. The molecule has 1 aliphatic rings. The molecule has 0 unspecified atom stereocenters. The zero-order valence-corrected chi connectivity index (χ0v) is 9.93. The van der Waals surface area contributed by atoms with Gasteiger partial charge in [0.15, 0.2) is 0 Å². The third-order valence-electron chi connectivity index (χ3n) is 2.75. The fourth-order valence-electron chi connectivity index (χ4n) is 1.81. The average molecular weight is 237 g/mol. The lowest BCUT2D eigenvalue weighted by Gasteiger charge is -2.26. The van der Waals surface area contributed by atoms with Crippen LogP contribution < -0.4 is 11.1 Å². The summed E-state index contributed by atoms with van der Waals surface area (Å²) >= 11 is 0. The van der Waals surface area contributed by atoms with Gasteiger partial charge in [-0.05, 0) is 13.0 Å². The van der Waals surface area contributed by atoms with Crippen molar-refractivity contribution in [1.82, 2.24) is 14.9 Å². The Morgan fingerprint density at radius 2 is 2.18 bits per heavy atom. The Kier molecular flexibility index (Phi) is 4.52. The van der Waals surface area contributed by atoms with E-state index in [2.05, 4.69) is 20.2 Å². The topological polar surface area (TPSA) is 76.3 Å². The summed E-state index contributed by atoms with van der Waals surface area (Å²) in [4.78, 5) is 10.4. The van der Waals surface area contributed by atoms with Gasteiger partial charge in [0.1, 0.15) is 18.0 Å². The number of aromatic nitrogens is 2. The average Bonchev–Trinajstić information content (AvgIpc) is 2.36. The highest BCUT2D eigenvalue weighted by Gasteiger charge is 2.08. The van der Waals surface area contributed by atoms with Crippen molar-refractivity contribution in [3.8, 4) is 0 Å². The van der Waals surface area contributed by atoms with E-state index >= 15 is 0 Å². The molecule has 0 radical (unpaired) electrons. The van der Waals surface area contributed by atoms with Gasteiger partial charge in [-0.1, -0.05) is 0 Å². The van der Waals surface area contributed by atoms with Crippen LogP contribution in [-0.2, 0) is 4.74 Å². The molecule has 6 nitrogen and oxygen atoms in total. The third-order valence-corrected chi connectivity index (χ3v) is 2.75. The maximum Gasteiger partial charge on any atom is 0.131 e. The summed E-state index contributed by atoms with van der Waals surface area (Å²) in [6.07, 6.45) is 2.56. The number of nitrogens with two attached hydrogens (primary N) is 1. The van der Waals surface area contributed by atoms with Crippen LogP contribution in [0.25, 0.3) is 0 Å². The van der Waals surface area contributed by atoms with Crippen LogP contribution in [0.4, 0.5) is 11.6 Å². The van der Waals surface area contributed by atoms with Gasteiger partial charge in [0, 0.05) is 25.7 Å². The molecule has 1 aromatic rings. The molecule has 2 rings (SSSR count). The highest BCUT2D eigenvalue weighted by atomic mass is 16.5. The van der Waals surface area contributed by atoms with Gasteiger partial charge < -0.3 is 15.8 Å². The standard InChI is InChI=1S/C11H19N5O/c12-10-8-11(15-9-14-10)13-2-1-3-16-4-6-17-7-5-16/h8-9H,1-7H2,(H3,12,13,14,15). The van der Waals surface area contributed by atoms with Gasteiger partial charge in [0.05, 0.1) is 13.2 Å². The van der Waals surface area contributed by atoms with Crippen molar-refractivity contribution < 1.29 is 4.74 Å². The molecule has 0 spiro atoms. The molecule has 6 heteroatoms. The molecule has 1 fully saturated rings. The van der Waals surface area contributed by atoms with E-state index in [0.29, 0.717) is 5.82 Å². The maximum absolute atomic E-state index is 5.57. The first kappa shape index (κ1) is 12.1. The van der Waals surface area contributed by atoms with Crippen LogP contribution in [0, 0.1) is 0 Å². The molecule has 0 aromatic carbocycles. The van der Waals surface area contributed by atoms with E-state index in [9.17, 15) is 0 Å². The van der Waals surface area contributed by atoms with Crippen molar-refractivity contribution in [3.05, 3.63) is 12.4 Å². The monoisotopic (exact) mass is 237 g/mol. The van der Waals surface area contributed by atoms with Gasteiger partial charge in [-0.3, -0.25) is 4.90 Å². The van der Waals surface area contributed by atoms with Gasteiger partial charge in [0.25, 0.3) is 0 Å². The SMILES string of the molecule is Nc1cc(NCCCN2CCOCC2)ncn1. The zero-order chi connectivity index (χ0) is 11.9. The number of nitrogens with zero attached hydrogens (tertiary/aromatic N) is 3. The van der Waals surface area contributed by atoms with Crippen LogP contribution in [0.15, 0.2) is 12.4 Å². The number of hydrogen-bond acceptors (Lipinski definition) is 6. The lowest BCUT2D eigenvalue weighted by Crippen LogP contribution is -2.37. The van der Waals surface area contributed by atoms with Crippen molar-refractivity contribution >= 4 is 11.6 Å². The number of rotatable bonds is 5. The molecular formula is C11H19N5O. The Morgan fingerprint density at radius 3 is 2.94 bits per heavy atom. The first-order valence-corrected chi connectivity index (χ1v) is 5.96. The fourth-order valence-corrected chi connectivity index (χ4v) is 1.81. The van der Waals surface area contributed by atoms with Crippen molar-refractivity contribution in [2.45, 2.75) is 6.42 Å². The molecule has 1 aromatic heterocycles. The molecule has 17 heavy (non-hydrogen) atoms. The fraction of sp³-hybridized carbons (Fsp3) is 0.636. The normalized spacial score (nSPS) is 16.9.